The predicted octanol–water partition coefficient (Wildman–Crippen LogP) is 4.02. The third-order valence-corrected chi connectivity index (χ3v) is 4.46. The van der Waals surface area contributed by atoms with Crippen LogP contribution in [0.2, 0.25) is 0 Å². The van der Waals surface area contributed by atoms with Gasteiger partial charge in [0.2, 0.25) is 0 Å². The lowest BCUT2D eigenvalue weighted by Gasteiger charge is -2.13. The Bertz CT molecular complexity index is 727. The van der Waals surface area contributed by atoms with Crippen LogP contribution in [0.4, 0.5) is 0 Å². The summed E-state index contributed by atoms with van der Waals surface area (Å²) in [5.74, 6) is 6.10. The second-order valence-electron chi connectivity index (χ2n) is 4.80. The average Bonchev–Trinajstić information content (AvgIpc) is 2.61. The Morgan fingerprint density at radius 2 is 1.75 bits per heavy atom. The Balaban J connectivity index is 2.09. The van der Waals surface area contributed by atoms with Gasteiger partial charge in [0.05, 0.1) is 7.11 Å². The van der Waals surface area contributed by atoms with Crippen molar-refractivity contribution in [3.05, 3.63) is 54.1 Å². The van der Waals surface area contributed by atoms with Gasteiger partial charge in [-0.15, -0.1) is 17.7 Å². The van der Waals surface area contributed by atoms with Crippen LogP contribution < -0.4 is 9.47 Å². The van der Waals surface area contributed by atoms with E-state index in [1.54, 1.807) is 38.3 Å². The molecule has 124 valence electrons. The Morgan fingerprint density at radius 1 is 1.12 bits per heavy atom. The van der Waals surface area contributed by atoms with Crippen molar-refractivity contribution < 1.29 is 19.4 Å². The summed E-state index contributed by atoms with van der Waals surface area (Å²) in [4.78, 5) is 12.5. The highest BCUT2D eigenvalue weighted by Crippen LogP contribution is 2.36. The number of benzene rings is 2. The zero-order valence-corrected chi connectivity index (χ0v) is 14.3. The smallest absolute Gasteiger partial charge is 0.321 e. The third kappa shape index (κ3) is 4.97. The molecule has 2 aromatic carbocycles. The van der Waals surface area contributed by atoms with Gasteiger partial charge in [-0.1, -0.05) is 18.1 Å². The van der Waals surface area contributed by atoms with Crippen LogP contribution in [0.1, 0.15) is 17.7 Å². The number of carboxylic acids is 1. The zero-order chi connectivity index (χ0) is 17.4. The van der Waals surface area contributed by atoms with E-state index in [0.717, 1.165) is 4.90 Å². The molecular weight excluding hydrogens is 324 g/mol. The number of aliphatic carboxylic acids is 1. The van der Waals surface area contributed by atoms with Crippen molar-refractivity contribution in [3.8, 4) is 23.3 Å². The first-order valence-electron chi connectivity index (χ1n) is 7.30. The Hall–Kier alpha value is -2.58. The second-order valence-corrected chi connectivity index (χ2v) is 5.97. The number of methoxy groups -OCH3 is 1. The molecule has 24 heavy (non-hydrogen) atoms. The van der Waals surface area contributed by atoms with E-state index in [4.69, 9.17) is 9.47 Å². The molecule has 0 amide bonds. The fraction of sp³-hybridized carbons (Fsp3) is 0.211. The summed E-state index contributed by atoms with van der Waals surface area (Å²) in [7, 11) is 1.58. The topological polar surface area (TPSA) is 55.8 Å². The summed E-state index contributed by atoms with van der Waals surface area (Å²) in [5.41, 5.74) is 0.715. The van der Waals surface area contributed by atoms with Crippen molar-refractivity contribution in [2.45, 2.75) is 17.1 Å². The highest BCUT2D eigenvalue weighted by Gasteiger charge is 2.21. The number of ether oxygens (including phenoxy) is 2. The molecule has 0 aliphatic carbocycles. The maximum atomic E-state index is 11.6. The quantitative estimate of drug-likeness (QED) is 0.608. The molecule has 0 aromatic heterocycles. The Kier molecular flexibility index (Phi) is 6.59. The molecule has 0 saturated carbocycles. The van der Waals surface area contributed by atoms with E-state index < -0.39 is 11.2 Å². The van der Waals surface area contributed by atoms with E-state index in [1.165, 1.54) is 11.8 Å². The summed E-state index contributed by atoms with van der Waals surface area (Å²) in [6.07, 6.45) is 0. The SMILES string of the molecule is CC#CCOc1ccc(S[C@H](C(=O)O)c2ccc(OC)cc2)cc1. The maximum absolute atomic E-state index is 11.6. The molecule has 5 heteroatoms. The van der Waals surface area contributed by atoms with Gasteiger partial charge < -0.3 is 14.6 Å². The van der Waals surface area contributed by atoms with Gasteiger partial charge in [-0.05, 0) is 48.9 Å². The van der Waals surface area contributed by atoms with Crippen molar-refractivity contribution in [2.75, 3.05) is 13.7 Å². The van der Waals surface area contributed by atoms with Gasteiger partial charge in [0.15, 0.2) is 0 Å². The van der Waals surface area contributed by atoms with Crippen molar-refractivity contribution in [3.63, 3.8) is 0 Å². The molecule has 0 bridgehead atoms. The molecule has 1 N–H and O–H groups in total. The number of thioether (sulfide) groups is 1. The van der Waals surface area contributed by atoms with Crippen LogP contribution in [0.15, 0.2) is 53.4 Å². The first-order valence-corrected chi connectivity index (χ1v) is 8.18. The number of carboxylic acid groups (broad SMARTS) is 1. The van der Waals surface area contributed by atoms with E-state index in [2.05, 4.69) is 11.8 Å². The molecule has 2 aromatic rings. The summed E-state index contributed by atoms with van der Waals surface area (Å²) in [6.45, 7) is 2.10. The van der Waals surface area contributed by atoms with E-state index >= 15 is 0 Å². The normalized spacial score (nSPS) is 11.1. The molecular formula is C19H18O4S. The molecule has 0 saturated heterocycles. The van der Waals surface area contributed by atoms with Gasteiger partial charge in [0.25, 0.3) is 0 Å². The maximum Gasteiger partial charge on any atom is 0.321 e. The van der Waals surface area contributed by atoms with Gasteiger partial charge >= 0.3 is 5.97 Å². The zero-order valence-electron chi connectivity index (χ0n) is 13.5. The molecule has 2 rings (SSSR count). The predicted molar refractivity (Wildman–Crippen MR) is 94.6 cm³/mol. The molecule has 4 nitrogen and oxygen atoms in total. The fourth-order valence-electron chi connectivity index (χ4n) is 1.98. The average molecular weight is 342 g/mol. The Morgan fingerprint density at radius 3 is 2.29 bits per heavy atom. The lowest BCUT2D eigenvalue weighted by molar-refractivity contribution is -0.136. The minimum atomic E-state index is -0.885. The molecule has 0 heterocycles. The lowest BCUT2D eigenvalue weighted by atomic mass is 10.1. The standard InChI is InChI=1S/C19H18O4S/c1-3-4-13-23-16-9-11-17(12-10-16)24-18(19(20)21)14-5-7-15(22-2)8-6-14/h5-12,18H,13H2,1-2H3,(H,20,21)/t18-/m0/s1. The largest absolute Gasteiger partial charge is 0.497 e. The minimum Gasteiger partial charge on any atom is -0.497 e. The minimum absolute atomic E-state index is 0.340. The van der Waals surface area contributed by atoms with Crippen molar-refractivity contribution in [1.29, 1.82) is 0 Å². The van der Waals surface area contributed by atoms with Crippen molar-refractivity contribution in [2.24, 2.45) is 0 Å². The summed E-state index contributed by atoms with van der Waals surface area (Å²) < 4.78 is 10.6. The van der Waals surface area contributed by atoms with Gasteiger partial charge in [-0.3, -0.25) is 4.79 Å². The molecule has 0 spiro atoms. The van der Waals surface area contributed by atoms with Gasteiger partial charge in [0, 0.05) is 4.90 Å². The van der Waals surface area contributed by atoms with Crippen LogP contribution in [0.3, 0.4) is 0 Å². The van der Waals surface area contributed by atoms with Gasteiger partial charge in [-0.2, -0.15) is 0 Å². The van der Waals surface area contributed by atoms with E-state index in [-0.39, 0.29) is 0 Å². The summed E-state index contributed by atoms with van der Waals surface area (Å²) in [5, 5.41) is 8.83. The molecule has 1 atom stereocenters. The van der Waals surface area contributed by atoms with Crippen LogP contribution in [0.25, 0.3) is 0 Å². The van der Waals surface area contributed by atoms with Gasteiger partial charge in [0.1, 0.15) is 23.4 Å². The fourth-order valence-corrected chi connectivity index (χ4v) is 2.94. The number of rotatable bonds is 7. The van der Waals surface area contributed by atoms with Crippen LogP contribution in [-0.4, -0.2) is 24.8 Å². The van der Waals surface area contributed by atoms with Crippen LogP contribution in [-0.2, 0) is 4.79 Å². The van der Waals surface area contributed by atoms with Crippen LogP contribution in [0.5, 0.6) is 11.5 Å². The van der Waals surface area contributed by atoms with Crippen LogP contribution >= 0.6 is 11.8 Å². The van der Waals surface area contributed by atoms with Gasteiger partial charge in [-0.25, -0.2) is 0 Å². The number of hydrogen-bond acceptors (Lipinski definition) is 4. The number of carbonyl (C=O) groups is 1. The number of hydrogen-bond donors (Lipinski definition) is 1. The summed E-state index contributed by atoms with van der Waals surface area (Å²) >= 11 is 1.28. The highest BCUT2D eigenvalue weighted by atomic mass is 32.2. The van der Waals surface area contributed by atoms with E-state index in [0.29, 0.717) is 23.7 Å². The second kappa shape index (κ2) is 8.90. The van der Waals surface area contributed by atoms with Crippen molar-refractivity contribution >= 4 is 17.7 Å². The summed E-state index contributed by atoms with van der Waals surface area (Å²) in [6, 6.07) is 14.4. The molecule has 0 fully saturated rings. The Labute approximate surface area is 145 Å². The molecule has 0 aliphatic rings. The first kappa shape index (κ1) is 17.8. The lowest BCUT2D eigenvalue weighted by Crippen LogP contribution is -2.07. The van der Waals surface area contributed by atoms with Crippen LogP contribution in [0, 0.1) is 11.8 Å². The third-order valence-electron chi connectivity index (χ3n) is 3.21. The van der Waals surface area contributed by atoms with Crippen molar-refractivity contribution in [1.82, 2.24) is 0 Å². The molecule has 0 radical (unpaired) electrons. The molecule has 0 unspecified atom stereocenters. The highest BCUT2D eigenvalue weighted by molar-refractivity contribution is 8.00. The van der Waals surface area contributed by atoms with E-state index in [1.807, 2.05) is 24.3 Å². The first-order chi connectivity index (χ1) is 11.6. The van der Waals surface area contributed by atoms with E-state index in [9.17, 15) is 9.90 Å². The molecule has 0 aliphatic heterocycles. The monoisotopic (exact) mass is 342 g/mol.